The van der Waals surface area contributed by atoms with E-state index in [0.717, 1.165) is 23.3 Å². The fraction of sp³-hybridized carbons (Fsp3) is 0.267. The summed E-state index contributed by atoms with van der Waals surface area (Å²) in [5, 5.41) is 8.92. The Balaban J connectivity index is 1.54. The second-order valence-electron chi connectivity index (χ2n) is 8.14. The van der Waals surface area contributed by atoms with Crippen molar-refractivity contribution in [3.8, 4) is 17.6 Å². The number of carbonyl (C=O) groups is 1. The van der Waals surface area contributed by atoms with E-state index in [1.54, 1.807) is 30.3 Å². The van der Waals surface area contributed by atoms with Crippen LogP contribution in [0.15, 0.2) is 72.8 Å². The Hall–Kier alpha value is -3.84. The zero-order chi connectivity index (χ0) is 24.0. The molecule has 0 aromatic heterocycles. The quantitative estimate of drug-likeness (QED) is 0.122. The summed E-state index contributed by atoms with van der Waals surface area (Å²) < 4.78 is 11.5. The Morgan fingerprint density at radius 1 is 0.853 bits per heavy atom. The van der Waals surface area contributed by atoms with Gasteiger partial charge in [-0.05, 0) is 54.4 Å². The third-order valence-electron chi connectivity index (χ3n) is 5.47. The molecule has 3 rings (SSSR count). The van der Waals surface area contributed by atoms with Gasteiger partial charge in [-0.15, -0.1) is 0 Å². The first-order valence-electron chi connectivity index (χ1n) is 11.9. The third-order valence-corrected chi connectivity index (χ3v) is 5.47. The second kappa shape index (κ2) is 13.6. The van der Waals surface area contributed by atoms with Crippen LogP contribution in [0.25, 0.3) is 12.2 Å². The lowest BCUT2D eigenvalue weighted by Gasteiger charge is -2.09. The van der Waals surface area contributed by atoms with Gasteiger partial charge in [-0.25, -0.2) is 4.79 Å². The van der Waals surface area contributed by atoms with Gasteiger partial charge in [0.1, 0.15) is 11.5 Å². The molecule has 34 heavy (non-hydrogen) atoms. The lowest BCUT2D eigenvalue weighted by Crippen LogP contribution is -2.09. The number of rotatable bonds is 12. The van der Waals surface area contributed by atoms with Crippen LogP contribution in [0.2, 0.25) is 0 Å². The van der Waals surface area contributed by atoms with Crippen molar-refractivity contribution >= 4 is 18.1 Å². The first kappa shape index (κ1) is 24.8. The molecular weight excluding hydrogens is 422 g/mol. The molecule has 0 bridgehead atoms. The molecule has 0 aliphatic heterocycles. The average Bonchev–Trinajstić information content (AvgIpc) is 2.88. The van der Waals surface area contributed by atoms with E-state index >= 15 is 0 Å². The van der Waals surface area contributed by atoms with Crippen LogP contribution in [-0.2, 0) is 0 Å². The van der Waals surface area contributed by atoms with Crippen molar-refractivity contribution in [2.24, 2.45) is 0 Å². The Morgan fingerprint density at radius 3 is 2.29 bits per heavy atom. The van der Waals surface area contributed by atoms with E-state index < -0.39 is 5.97 Å². The van der Waals surface area contributed by atoms with E-state index in [-0.39, 0.29) is 0 Å². The van der Waals surface area contributed by atoms with Gasteiger partial charge in [0.05, 0.1) is 23.8 Å². The van der Waals surface area contributed by atoms with Gasteiger partial charge >= 0.3 is 5.97 Å². The lowest BCUT2D eigenvalue weighted by molar-refractivity contribution is 0.0734. The second-order valence-corrected chi connectivity index (χ2v) is 8.14. The highest BCUT2D eigenvalue weighted by atomic mass is 16.5. The number of benzene rings is 3. The van der Waals surface area contributed by atoms with Crippen molar-refractivity contribution in [3.63, 3.8) is 0 Å². The smallest absolute Gasteiger partial charge is 0.343 e. The molecule has 0 radical (unpaired) electrons. The molecule has 3 aromatic rings. The van der Waals surface area contributed by atoms with Gasteiger partial charge in [0.2, 0.25) is 0 Å². The van der Waals surface area contributed by atoms with Crippen molar-refractivity contribution in [1.82, 2.24) is 0 Å². The van der Waals surface area contributed by atoms with Crippen LogP contribution < -0.4 is 9.47 Å². The molecule has 0 spiro atoms. The molecule has 0 unspecified atom stereocenters. The van der Waals surface area contributed by atoms with E-state index in [1.807, 2.05) is 54.6 Å². The first-order valence-corrected chi connectivity index (χ1v) is 11.9. The number of esters is 1. The molecule has 0 saturated carbocycles. The van der Waals surface area contributed by atoms with Crippen LogP contribution in [-0.4, -0.2) is 12.6 Å². The number of hydrogen-bond donors (Lipinski definition) is 0. The van der Waals surface area contributed by atoms with E-state index in [9.17, 15) is 4.79 Å². The third kappa shape index (κ3) is 7.94. The van der Waals surface area contributed by atoms with Crippen LogP contribution in [0.5, 0.6) is 11.5 Å². The number of para-hydroxylation sites is 1. The fourth-order valence-electron chi connectivity index (χ4n) is 3.48. The number of nitrogens with zero attached hydrogens (tertiary/aromatic N) is 1. The van der Waals surface area contributed by atoms with Gasteiger partial charge in [0.15, 0.2) is 0 Å². The largest absolute Gasteiger partial charge is 0.494 e. The maximum absolute atomic E-state index is 12.7. The fourth-order valence-corrected chi connectivity index (χ4v) is 3.48. The molecule has 0 aliphatic carbocycles. The number of unbranched alkanes of at least 4 members (excludes halogenated alkanes) is 5. The van der Waals surface area contributed by atoms with Crippen LogP contribution in [0.4, 0.5) is 0 Å². The maximum Gasteiger partial charge on any atom is 0.343 e. The SMILES string of the molecule is CCCCCCCCOc1ccc(C(=O)Oc2ccccc2C=Cc2ccc(C#N)cc2)cc1. The molecule has 3 aromatic carbocycles. The van der Waals surface area contributed by atoms with Gasteiger partial charge in [-0.3, -0.25) is 0 Å². The molecule has 0 N–H and O–H groups in total. The van der Waals surface area contributed by atoms with Crippen LogP contribution in [0.1, 0.15) is 72.5 Å². The van der Waals surface area contributed by atoms with E-state index in [0.29, 0.717) is 23.5 Å². The number of ether oxygens (including phenoxy) is 2. The van der Waals surface area contributed by atoms with Crippen LogP contribution in [0.3, 0.4) is 0 Å². The highest BCUT2D eigenvalue weighted by Gasteiger charge is 2.11. The molecule has 0 heterocycles. The number of carbonyl (C=O) groups excluding carboxylic acids is 1. The summed E-state index contributed by atoms with van der Waals surface area (Å²) in [4.78, 5) is 12.7. The zero-order valence-corrected chi connectivity index (χ0v) is 19.7. The first-order chi connectivity index (χ1) is 16.7. The normalized spacial score (nSPS) is 10.7. The molecule has 0 atom stereocenters. The highest BCUT2D eigenvalue weighted by molar-refractivity contribution is 5.91. The summed E-state index contributed by atoms with van der Waals surface area (Å²) in [7, 11) is 0. The molecule has 0 amide bonds. The summed E-state index contributed by atoms with van der Waals surface area (Å²) in [6.45, 7) is 2.91. The molecule has 174 valence electrons. The summed E-state index contributed by atoms with van der Waals surface area (Å²) in [5.41, 5.74) is 2.83. The summed E-state index contributed by atoms with van der Waals surface area (Å²) >= 11 is 0. The Bertz CT molecular complexity index is 1110. The minimum Gasteiger partial charge on any atom is -0.494 e. The Labute approximate surface area is 202 Å². The molecule has 0 fully saturated rings. The highest BCUT2D eigenvalue weighted by Crippen LogP contribution is 2.23. The van der Waals surface area contributed by atoms with Crippen molar-refractivity contribution in [1.29, 1.82) is 5.26 Å². The summed E-state index contributed by atoms with van der Waals surface area (Å²) in [6, 6.07) is 23.9. The van der Waals surface area contributed by atoms with E-state index in [2.05, 4.69) is 13.0 Å². The monoisotopic (exact) mass is 453 g/mol. The zero-order valence-electron chi connectivity index (χ0n) is 19.7. The number of hydrogen-bond acceptors (Lipinski definition) is 4. The minimum atomic E-state index is -0.415. The topological polar surface area (TPSA) is 59.3 Å². The van der Waals surface area contributed by atoms with E-state index in [4.69, 9.17) is 14.7 Å². The van der Waals surface area contributed by atoms with Crippen molar-refractivity contribution in [3.05, 3.63) is 95.1 Å². The van der Waals surface area contributed by atoms with Gasteiger partial charge in [-0.1, -0.05) is 81.5 Å². The van der Waals surface area contributed by atoms with Crippen LogP contribution in [0, 0.1) is 11.3 Å². The Kier molecular flexibility index (Phi) is 9.95. The summed E-state index contributed by atoms with van der Waals surface area (Å²) in [5.74, 6) is 0.832. The predicted molar refractivity (Wildman–Crippen MR) is 137 cm³/mol. The predicted octanol–water partition coefficient (Wildman–Crippen LogP) is 7.69. The van der Waals surface area contributed by atoms with Gasteiger partial charge in [0.25, 0.3) is 0 Å². The van der Waals surface area contributed by atoms with Gasteiger partial charge in [-0.2, -0.15) is 5.26 Å². The molecule has 4 heteroatoms. The average molecular weight is 454 g/mol. The van der Waals surface area contributed by atoms with Crippen LogP contribution >= 0.6 is 0 Å². The van der Waals surface area contributed by atoms with E-state index in [1.165, 1.54) is 32.1 Å². The standard InChI is InChI=1S/C30H31NO3/c1-2-3-4-5-6-9-22-33-28-20-18-27(19-21-28)30(32)34-29-11-8-7-10-26(29)17-16-24-12-14-25(23-31)15-13-24/h7-8,10-21H,2-6,9,22H2,1H3. The maximum atomic E-state index is 12.7. The minimum absolute atomic E-state index is 0.415. The molecule has 4 nitrogen and oxygen atoms in total. The lowest BCUT2D eigenvalue weighted by atomic mass is 10.1. The van der Waals surface area contributed by atoms with Gasteiger partial charge in [0, 0.05) is 5.56 Å². The molecular formula is C30H31NO3. The Morgan fingerprint density at radius 2 is 1.56 bits per heavy atom. The molecule has 0 saturated heterocycles. The number of nitriles is 1. The molecule has 0 aliphatic rings. The van der Waals surface area contributed by atoms with Gasteiger partial charge < -0.3 is 9.47 Å². The summed E-state index contributed by atoms with van der Waals surface area (Å²) in [6.07, 6.45) is 11.1. The van der Waals surface area contributed by atoms with Crippen molar-refractivity contribution in [2.75, 3.05) is 6.61 Å². The van der Waals surface area contributed by atoms with Crippen molar-refractivity contribution < 1.29 is 14.3 Å². The van der Waals surface area contributed by atoms with Crippen molar-refractivity contribution in [2.45, 2.75) is 45.4 Å².